The number of ether oxygens (including phenoxy) is 1. The van der Waals surface area contributed by atoms with Crippen LogP contribution in [0.3, 0.4) is 0 Å². The summed E-state index contributed by atoms with van der Waals surface area (Å²) in [4.78, 5) is 13.3. The molecule has 0 saturated carbocycles. The molecule has 1 amide bonds. The second-order valence-electron chi connectivity index (χ2n) is 8.37. The first-order chi connectivity index (χ1) is 16.1. The molecule has 180 valence electrons. The van der Waals surface area contributed by atoms with Crippen LogP contribution in [0, 0.1) is 20.8 Å². The molecule has 0 bridgehead atoms. The van der Waals surface area contributed by atoms with Gasteiger partial charge in [-0.2, -0.15) is 0 Å². The van der Waals surface area contributed by atoms with Gasteiger partial charge in [-0.3, -0.25) is 9.10 Å². The summed E-state index contributed by atoms with van der Waals surface area (Å²) in [5, 5.41) is 2.96. The molecular formula is C27H32N2O4S. The van der Waals surface area contributed by atoms with Gasteiger partial charge in [0.25, 0.3) is 10.0 Å². The number of para-hydroxylation sites is 2. The summed E-state index contributed by atoms with van der Waals surface area (Å²) < 4.78 is 34.2. The molecule has 1 unspecified atom stereocenters. The molecule has 3 rings (SSSR count). The van der Waals surface area contributed by atoms with Crippen molar-refractivity contribution in [2.75, 3.05) is 17.5 Å². The Kier molecular flexibility index (Phi) is 7.99. The van der Waals surface area contributed by atoms with Gasteiger partial charge in [-0.15, -0.1) is 0 Å². The fraction of sp³-hybridized carbons (Fsp3) is 0.296. The number of hydrogen-bond donors (Lipinski definition) is 1. The Hall–Kier alpha value is -3.32. The van der Waals surface area contributed by atoms with E-state index in [0.717, 1.165) is 26.6 Å². The third kappa shape index (κ3) is 5.78. The monoisotopic (exact) mass is 480 g/mol. The van der Waals surface area contributed by atoms with Crippen molar-refractivity contribution in [3.8, 4) is 5.75 Å². The summed E-state index contributed by atoms with van der Waals surface area (Å²) in [6, 6.07) is 19.2. The Bertz CT molecular complexity index is 1250. The molecule has 1 atom stereocenters. The molecule has 0 fully saturated rings. The Labute approximate surface area is 202 Å². The van der Waals surface area contributed by atoms with E-state index >= 15 is 0 Å². The second-order valence-corrected chi connectivity index (χ2v) is 10.2. The first kappa shape index (κ1) is 25.3. The van der Waals surface area contributed by atoms with Crippen LogP contribution in [-0.2, 0) is 14.8 Å². The fourth-order valence-electron chi connectivity index (χ4n) is 3.80. The van der Waals surface area contributed by atoms with Crippen LogP contribution in [0.2, 0.25) is 0 Å². The highest BCUT2D eigenvalue weighted by Crippen LogP contribution is 2.32. The van der Waals surface area contributed by atoms with Gasteiger partial charge >= 0.3 is 0 Å². The van der Waals surface area contributed by atoms with Gasteiger partial charge in [0.1, 0.15) is 12.3 Å². The highest BCUT2D eigenvalue weighted by atomic mass is 32.2. The lowest BCUT2D eigenvalue weighted by Crippen LogP contribution is -2.41. The average Bonchev–Trinajstić information content (AvgIpc) is 2.80. The zero-order chi connectivity index (χ0) is 24.9. The summed E-state index contributed by atoms with van der Waals surface area (Å²) in [6.07, 6.45) is 0. The number of rotatable bonds is 9. The average molecular weight is 481 g/mol. The standard InChI is InChI=1S/C27H32N2O4S/c1-6-33-26-10-8-7-9-25(26)29(34(31,32)23-15-12-19(2)13-16-23)18-27(30)28-22(5)24-17-20(3)11-14-21(24)4/h7-17,22H,6,18H2,1-5H3,(H,28,30). The summed E-state index contributed by atoms with van der Waals surface area (Å²) in [7, 11) is -4.03. The molecule has 0 aliphatic heterocycles. The van der Waals surface area contributed by atoms with Crippen molar-refractivity contribution in [2.24, 2.45) is 0 Å². The molecular weight excluding hydrogens is 448 g/mol. The van der Waals surface area contributed by atoms with Crippen LogP contribution >= 0.6 is 0 Å². The van der Waals surface area contributed by atoms with E-state index in [1.54, 1.807) is 48.5 Å². The molecule has 0 saturated heterocycles. The zero-order valence-electron chi connectivity index (χ0n) is 20.3. The van der Waals surface area contributed by atoms with Crippen LogP contribution in [0.5, 0.6) is 5.75 Å². The minimum Gasteiger partial charge on any atom is -0.492 e. The molecule has 0 spiro atoms. The van der Waals surface area contributed by atoms with Gasteiger partial charge in [-0.25, -0.2) is 8.42 Å². The van der Waals surface area contributed by atoms with Gasteiger partial charge in [0.15, 0.2) is 0 Å². The van der Waals surface area contributed by atoms with E-state index in [2.05, 4.69) is 5.32 Å². The molecule has 0 heterocycles. The number of nitrogens with zero attached hydrogens (tertiary/aromatic N) is 1. The Morgan fingerprint density at radius 2 is 1.62 bits per heavy atom. The van der Waals surface area contributed by atoms with Gasteiger partial charge in [0, 0.05) is 0 Å². The lowest BCUT2D eigenvalue weighted by Gasteiger charge is -2.27. The van der Waals surface area contributed by atoms with E-state index in [4.69, 9.17) is 4.74 Å². The number of anilines is 1. The smallest absolute Gasteiger partial charge is 0.264 e. The maximum Gasteiger partial charge on any atom is 0.264 e. The maximum atomic E-state index is 13.7. The highest BCUT2D eigenvalue weighted by molar-refractivity contribution is 7.92. The van der Waals surface area contributed by atoms with Crippen molar-refractivity contribution in [3.05, 3.63) is 89.0 Å². The number of nitrogens with one attached hydrogen (secondary N) is 1. The largest absolute Gasteiger partial charge is 0.492 e. The molecule has 6 nitrogen and oxygen atoms in total. The Balaban J connectivity index is 1.96. The van der Waals surface area contributed by atoms with Crippen LogP contribution in [0.15, 0.2) is 71.6 Å². The Morgan fingerprint density at radius 3 is 2.29 bits per heavy atom. The molecule has 0 aliphatic rings. The highest BCUT2D eigenvalue weighted by Gasteiger charge is 2.30. The number of aryl methyl sites for hydroxylation is 3. The summed E-state index contributed by atoms with van der Waals surface area (Å²) in [5.41, 5.74) is 4.41. The normalized spacial score (nSPS) is 12.1. The zero-order valence-corrected chi connectivity index (χ0v) is 21.1. The summed E-state index contributed by atoms with van der Waals surface area (Å²) >= 11 is 0. The van der Waals surface area contributed by atoms with Gasteiger partial charge in [0.05, 0.1) is 23.2 Å². The number of sulfonamides is 1. The van der Waals surface area contributed by atoms with Crippen LogP contribution in [0.4, 0.5) is 5.69 Å². The topological polar surface area (TPSA) is 75.7 Å². The van der Waals surface area contributed by atoms with Crippen molar-refractivity contribution in [1.82, 2.24) is 5.32 Å². The van der Waals surface area contributed by atoms with E-state index in [1.807, 2.05) is 52.8 Å². The van der Waals surface area contributed by atoms with E-state index < -0.39 is 15.9 Å². The SMILES string of the molecule is CCOc1ccccc1N(CC(=O)NC(C)c1cc(C)ccc1C)S(=O)(=O)c1ccc(C)cc1. The third-order valence-electron chi connectivity index (χ3n) is 5.61. The second kappa shape index (κ2) is 10.7. The predicted octanol–water partition coefficient (Wildman–Crippen LogP) is 5.08. The van der Waals surface area contributed by atoms with Gasteiger partial charge < -0.3 is 10.1 Å². The molecule has 1 N–H and O–H groups in total. The quantitative estimate of drug-likeness (QED) is 0.463. The van der Waals surface area contributed by atoms with Crippen LogP contribution < -0.4 is 14.4 Å². The van der Waals surface area contributed by atoms with Crippen LogP contribution in [0.1, 0.15) is 42.1 Å². The molecule has 0 aliphatic carbocycles. The molecule has 0 radical (unpaired) electrons. The number of benzene rings is 3. The number of carbonyl (C=O) groups excluding carboxylic acids is 1. The molecule has 3 aromatic carbocycles. The first-order valence-electron chi connectivity index (χ1n) is 11.3. The lowest BCUT2D eigenvalue weighted by atomic mass is 10.00. The van der Waals surface area contributed by atoms with Crippen molar-refractivity contribution in [3.63, 3.8) is 0 Å². The molecule has 34 heavy (non-hydrogen) atoms. The fourth-order valence-corrected chi connectivity index (χ4v) is 5.23. The predicted molar refractivity (Wildman–Crippen MR) is 136 cm³/mol. The van der Waals surface area contributed by atoms with E-state index in [0.29, 0.717) is 18.0 Å². The van der Waals surface area contributed by atoms with Crippen LogP contribution in [-0.4, -0.2) is 27.5 Å². The van der Waals surface area contributed by atoms with Crippen LogP contribution in [0.25, 0.3) is 0 Å². The summed E-state index contributed by atoms with van der Waals surface area (Å²) in [6.45, 7) is 9.59. The summed E-state index contributed by atoms with van der Waals surface area (Å²) in [5.74, 6) is -0.00791. The molecule has 0 aromatic heterocycles. The maximum absolute atomic E-state index is 13.7. The molecule has 7 heteroatoms. The van der Waals surface area contributed by atoms with Gasteiger partial charge in [-0.1, -0.05) is 53.6 Å². The number of carbonyl (C=O) groups is 1. The van der Waals surface area contributed by atoms with Crippen molar-refractivity contribution >= 4 is 21.6 Å². The molecule has 3 aromatic rings. The lowest BCUT2D eigenvalue weighted by molar-refractivity contribution is -0.120. The van der Waals surface area contributed by atoms with E-state index in [9.17, 15) is 13.2 Å². The minimum absolute atomic E-state index is 0.111. The Morgan fingerprint density at radius 1 is 0.971 bits per heavy atom. The van der Waals surface area contributed by atoms with Crippen molar-refractivity contribution < 1.29 is 17.9 Å². The third-order valence-corrected chi connectivity index (χ3v) is 7.38. The van der Waals surface area contributed by atoms with Crippen molar-refractivity contribution in [1.29, 1.82) is 0 Å². The minimum atomic E-state index is -4.03. The van der Waals surface area contributed by atoms with E-state index in [-0.39, 0.29) is 17.5 Å². The number of hydrogen-bond acceptors (Lipinski definition) is 4. The number of amides is 1. The first-order valence-corrected chi connectivity index (χ1v) is 12.7. The van der Waals surface area contributed by atoms with Crippen molar-refractivity contribution in [2.45, 2.75) is 45.6 Å². The van der Waals surface area contributed by atoms with Gasteiger partial charge in [-0.05, 0) is 70.0 Å². The van der Waals surface area contributed by atoms with E-state index in [1.165, 1.54) is 0 Å². The van der Waals surface area contributed by atoms with Gasteiger partial charge in [0.2, 0.25) is 5.91 Å².